The van der Waals surface area contributed by atoms with Gasteiger partial charge in [-0.05, 0) is 123 Å². The summed E-state index contributed by atoms with van der Waals surface area (Å²) in [6, 6.07) is 69.8. The fourth-order valence-corrected chi connectivity index (χ4v) is 8.64. The first-order valence-corrected chi connectivity index (χ1v) is 20.2. The molecular weight excluding hydrogens is 727 g/mol. The molecule has 3 heteroatoms. The van der Waals surface area contributed by atoms with Crippen LogP contribution in [0.1, 0.15) is 5.48 Å². The molecule has 60 heavy (non-hydrogen) atoms. The summed E-state index contributed by atoms with van der Waals surface area (Å²) in [4.78, 5) is 4.16. The summed E-state index contributed by atoms with van der Waals surface area (Å²) in [6.45, 7) is 0. The maximum absolute atomic E-state index is 9.45. The van der Waals surface area contributed by atoms with Gasteiger partial charge in [0.15, 0.2) is 0 Å². The number of anilines is 6. The summed E-state index contributed by atoms with van der Waals surface area (Å²) in [6.07, 6.45) is 0. The first-order valence-electron chi connectivity index (χ1n) is 22.2. The summed E-state index contributed by atoms with van der Waals surface area (Å²) in [7, 11) is 2.12. The largest absolute Gasteiger partial charge is 0.344 e. The third-order valence-corrected chi connectivity index (χ3v) is 11.6. The molecule has 0 bridgehead atoms. The fraction of sp³-hybridized carbons (Fsp3) is 0.0175. The van der Waals surface area contributed by atoms with E-state index in [4.69, 9.17) is 0 Å². The van der Waals surface area contributed by atoms with Gasteiger partial charge in [0.25, 0.3) is 0 Å². The van der Waals surface area contributed by atoms with Crippen molar-refractivity contribution >= 4 is 77.5 Å². The van der Waals surface area contributed by atoms with Crippen LogP contribution in [0.4, 0.5) is 34.1 Å². The summed E-state index contributed by atoms with van der Waals surface area (Å²) >= 11 is 0. The Morgan fingerprint density at radius 3 is 1.73 bits per heavy atom. The number of aryl methyl sites for hydroxylation is 1. The van der Waals surface area contributed by atoms with Gasteiger partial charge in [-0.2, -0.15) is 0 Å². The van der Waals surface area contributed by atoms with Crippen molar-refractivity contribution < 1.29 is 5.48 Å². The summed E-state index contributed by atoms with van der Waals surface area (Å²) in [5.74, 6) is 0. The maximum Gasteiger partial charge on any atom is 0.0645 e. The van der Waals surface area contributed by atoms with Crippen molar-refractivity contribution in [2.75, 3.05) is 9.80 Å². The fourth-order valence-electron chi connectivity index (χ4n) is 8.64. The molecule has 0 unspecified atom stereocenters. The van der Waals surface area contributed by atoms with Crippen molar-refractivity contribution in [1.82, 2.24) is 4.57 Å². The summed E-state index contributed by atoms with van der Waals surface area (Å²) in [5, 5.41) is 6.37. The predicted octanol–water partition coefficient (Wildman–Crippen LogP) is 15.9. The van der Waals surface area contributed by atoms with E-state index in [1.807, 2.05) is 102 Å². The number of hydrogen-bond acceptors (Lipinski definition) is 2. The minimum atomic E-state index is -0.112. The molecule has 1 aromatic heterocycles. The Balaban J connectivity index is 1.04. The molecule has 11 aromatic rings. The van der Waals surface area contributed by atoms with Crippen LogP contribution >= 0.6 is 0 Å². The molecule has 0 radical (unpaired) electrons. The van der Waals surface area contributed by atoms with Crippen LogP contribution in [0, 0.1) is 0 Å². The molecule has 0 aliphatic rings. The smallest absolute Gasteiger partial charge is 0.0645 e. The van der Waals surface area contributed by atoms with Gasteiger partial charge in [-0.1, -0.05) is 146 Å². The van der Waals surface area contributed by atoms with Gasteiger partial charge in [0.1, 0.15) is 0 Å². The maximum atomic E-state index is 9.45. The van der Waals surface area contributed by atoms with Crippen LogP contribution in [-0.4, -0.2) is 4.57 Å². The van der Waals surface area contributed by atoms with E-state index in [9.17, 15) is 5.48 Å². The lowest BCUT2D eigenvalue weighted by atomic mass is 9.99. The molecule has 0 saturated carbocycles. The Hall–Kier alpha value is -7.88. The topological polar surface area (TPSA) is 11.4 Å². The molecular formula is C57H41N3. The second kappa shape index (κ2) is 14.8. The van der Waals surface area contributed by atoms with Crippen LogP contribution < -0.4 is 9.80 Å². The van der Waals surface area contributed by atoms with E-state index >= 15 is 0 Å². The zero-order chi connectivity index (χ0) is 43.5. The highest BCUT2D eigenvalue weighted by Gasteiger charge is 2.20. The van der Waals surface area contributed by atoms with E-state index in [1.165, 1.54) is 16.3 Å². The highest BCUT2D eigenvalue weighted by atomic mass is 15.1. The Labute approximate surface area is 355 Å². The Bertz CT molecular complexity index is 3560. The highest BCUT2D eigenvalue weighted by Crippen LogP contribution is 2.44. The second-order valence-corrected chi connectivity index (χ2v) is 15.2. The number of rotatable bonds is 8. The number of para-hydroxylation sites is 3. The number of nitrogens with zero attached hydrogens (tertiary/aromatic N) is 3. The standard InChI is InChI=1S/C57H41N3/c1-58-55-22-12-11-21-53(55)54-39-51(34-35-56(54)58)60(57-23-13-10-20-52(57)42-15-4-2-5-16-42)50-33-29-45-36-44(24-25-46(45)38-50)41-26-30-48(31-27-41)59(47-18-6-3-7-19-47)49-32-28-40-14-8-9-17-43(40)37-49/h2-39H,1H3/i26D,27D,30D,31D. The van der Waals surface area contributed by atoms with E-state index in [0.29, 0.717) is 5.56 Å². The Morgan fingerprint density at radius 2 is 0.917 bits per heavy atom. The number of aromatic nitrogens is 1. The van der Waals surface area contributed by atoms with Crippen LogP contribution in [0.5, 0.6) is 0 Å². The second-order valence-electron chi connectivity index (χ2n) is 15.2. The number of benzene rings is 10. The Morgan fingerprint density at radius 1 is 0.350 bits per heavy atom. The molecule has 0 atom stereocenters. The number of hydrogen-bond donors (Lipinski definition) is 0. The van der Waals surface area contributed by atoms with E-state index in [0.717, 1.165) is 66.6 Å². The normalized spacial score (nSPS) is 12.3. The molecule has 284 valence electrons. The van der Waals surface area contributed by atoms with Gasteiger partial charge in [-0.25, -0.2) is 0 Å². The SMILES string of the molecule is [2H]c1c([2H])c(N(c2ccccc2)c2ccc3ccccc3c2)c([2H])c([2H])c1-c1ccc2cc(N(c3ccc4c(c3)c3ccccc3n4C)c3ccccc3-c3ccccc3)ccc2c1. The number of fused-ring (bicyclic) bond motifs is 5. The van der Waals surface area contributed by atoms with Crippen molar-refractivity contribution in [3.63, 3.8) is 0 Å². The van der Waals surface area contributed by atoms with Gasteiger partial charge in [0.05, 0.1) is 11.2 Å². The molecule has 0 aliphatic heterocycles. The van der Waals surface area contributed by atoms with E-state index in [2.05, 4.69) is 126 Å². The third-order valence-electron chi connectivity index (χ3n) is 11.6. The first-order chi connectivity index (χ1) is 31.3. The molecule has 0 spiro atoms. The first kappa shape index (κ1) is 31.2. The molecule has 0 fully saturated rings. The minimum Gasteiger partial charge on any atom is -0.344 e. The van der Waals surface area contributed by atoms with Crippen LogP contribution in [0.15, 0.2) is 230 Å². The molecule has 0 aliphatic carbocycles. The van der Waals surface area contributed by atoms with E-state index in [-0.39, 0.29) is 35.4 Å². The lowest BCUT2D eigenvalue weighted by Gasteiger charge is -2.28. The van der Waals surface area contributed by atoms with Crippen molar-refractivity contribution in [2.24, 2.45) is 7.05 Å². The lowest BCUT2D eigenvalue weighted by Crippen LogP contribution is -2.11. The van der Waals surface area contributed by atoms with E-state index < -0.39 is 0 Å². The van der Waals surface area contributed by atoms with Gasteiger partial charge >= 0.3 is 0 Å². The quantitative estimate of drug-likeness (QED) is 0.152. The third kappa shape index (κ3) is 6.25. The predicted molar refractivity (Wildman–Crippen MR) is 256 cm³/mol. The van der Waals surface area contributed by atoms with Gasteiger partial charge in [-0.15, -0.1) is 0 Å². The zero-order valence-electron chi connectivity index (χ0n) is 37.0. The molecule has 1 heterocycles. The van der Waals surface area contributed by atoms with Crippen LogP contribution in [0.2, 0.25) is 0 Å². The summed E-state index contributed by atoms with van der Waals surface area (Å²) < 4.78 is 40.0. The molecule has 11 rings (SSSR count). The molecule has 0 amide bonds. The lowest BCUT2D eigenvalue weighted by molar-refractivity contribution is 1.01. The molecule has 0 saturated heterocycles. The molecule has 10 aromatic carbocycles. The van der Waals surface area contributed by atoms with Gasteiger partial charge in [0, 0.05) is 62.9 Å². The Kier molecular flexibility index (Phi) is 7.69. The minimum absolute atomic E-state index is 0.0961. The molecule has 0 N–H and O–H groups in total. The van der Waals surface area contributed by atoms with Crippen molar-refractivity contribution in [3.05, 3.63) is 230 Å². The average Bonchev–Trinajstić information content (AvgIpc) is 3.63. The zero-order valence-corrected chi connectivity index (χ0v) is 33.0. The monoisotopic (exact) mass is 771 g/mol. The summed E-state index contributed by atoms with van der Waals surface area (Å²) in [5.41, 5.74) is 10.2. The van der Waals surface area contributed by atoms with E-state index in [1.54, 1.807) is 0 Å². The van der Waals surface area contributed by atoms with Crippen molar-refractivity contribution in [1.29, 1.82) is 0 Å². The average molecular weight is 772 g/mol. The van der Waals surface area contributed by atoms with Crippen LogP contribution in [0.3, 0.4) is 0 Å². The van der Waals surface area contributed by atoms with Crippen LogP contribution in [0.25, 0.3) is 65.6 Å². The molecule has 3 nitrogen and oxygen atoms in total. The van der Waals surface area contributed by atoms with Crippen molar-refractivity contribution in [2.45, 2.75) is 0 Å². The van der Waals surface area contributed by atoms with Gasteiger partial charge < -0.3 is 14.4 Å². The van der Waals surface area contributed by atoms with Gasteiger partial charge in [-0.3, -0.25) is 0 Å². The van der Waals surface area contributed by atoms with Gasteiger partial charge in [0.2, 0.25) is 0 Å². The highest BCUT2D eigenvalue weighted by molar-refractivity contribution is 6.10. The van der Waals surface area contributed by atoms with Crippen LogP contribution in [-0.2, 0) is 7.05 Å². The van der Waals surface area contributed by atoms with Crippen molar-refractivity contribution in [3.8, 4) is 22.3 Å².